The number of fused-ring (bicyclic) bond motifs is 1. The minimum Gasteiger partial charge on any atom is -0.476 e. The largest absolute Gasteiger partial charge is 0.476 e. The molecule has 1 N–H and O–H groups in total. The van der Waals surface area contributed by atoms with Crippen LogP contribution in [0.3, 0.4) is 0 Å². The molecule has 154 valence electrons. The molecule has 1 aliphatic rings. The van der Waals surface area contributed by atoms with E-state index in [1.807, 2.05) is 32.0 Å². The van der Waals surface area contributed by atoms with Crippen LogP contribution in [0.4, 0.5) is 11.4 Å². The van der Waals surface area contributed by atoms with Gasteiger partial charge in [-0.15, -0.1) is 0 Å². The second kappa shape index (κ2) is 7.84. The molecule has 1 heterocycles. The topological polar surface area (TPSA) is 75.7 Å². The zero-order valence-corrected chi connectivity index (χ0v) is 17.5. The molecule has 1 amide bonds. The molecule has 3 aromatic carbocycles. The van der Waals surface area contributed by atoms with E-state index in [0.717, 1.165) is 11.1 Å². The number of hydrogen-bond acceptors (Lipinski definition) is 4. The highest BCUT2D eigenvalue weighted by atomic mass is 32.2. The third-order valence-corrected chi connectivity index (χ3v) is 6.79. The van der Waals surface area contributed by atoms with Gasteiger partial charge in [-0.25, -0.2) is 8.42 Å². The summed E-state index contributed by atoms with van der Waals surface area (Å²) in [5, 5.41) is 2.86. The highest BCUT2D eigenvalue weighted by Gasteiger charge is 2.37. The summed E-state index contributed by atoms with van der Waals surface area (Å²) in [7, 11) is -3.86. The number of ether oxygens (including phenoxy) is 1. The smallest absolute Gasteiger partial charge is 0.267 e. The van der Waals surface area contributed by atoms with Gasteiger partial charge in [-0.2, -0.15) is 0 Å². The lowest BCUT2D eigenvalue weighted by atomic mass is 10.1. The Labute approximate surface area is 176 Å². The molecule has 0 aromatic heterocycles. The first kappa shape index (κ1) is 20.0. The van der Waals surface area contributed by atoms with E-state index >= 15 is 0 Å². The van der Waals surface area contributed by atoms with Crippen molar-refractivity contribution in [2.75, 3.05) is 16.2 Å². The SMILES string of the molecule is Cc1ccc(NC(=O)[C@H]2CN(S(=O)(=O)c3ccccc3)c3ccccc3O2)c(C)c1. The van der Waals surface area contributed by atoms with Crippen LogP contribution < -0.4 is 14.4 Å². The van der Waals surface area contributed by atoms with E-state index in [-0.39, 0.29) is 11.4 Å². The molecule has 3 aromatic rings. The predicted molar refractivity (Wildman–Crippen MR) is 116 cm³/mol. The van der Waals surface area contributed by atoms with Crippen molar-refractivity contribution in [2.24, 2.45) is 0 Å². The third kappa shape index (κ3) is 3.76. The fraction of sp³-hybridized carbons (Fsp3) is 0.174. The maximum atomic E-state index is 13.3. The maximum absolute atomic E-state index is 13.3. The van der Waals surface area contributed by atoms with Crippen LogP contribution in [0.2, 0.25) is 0 Å². The van der Waals surface area contributed by atoms with Crippen LogP contribution in [0.1, 0.15) is 11.1 Å². The Morgan fingerprint density at radius 1 is 1.00 bits per heavy atom. The Bertz CT molecular complexity index is 1190. The van der Waals surface area contributed by atoms with Gasteiger partial charge in [0.1, 0.15) is 5.75 Å². The molecular formula is C23H22N2O4S. The van der Waals surface area contributed by atoms with Crippen molar-refractivity contribution in [1.82, 2.24) is 0 Å². The van der Waals surface area contributed by atoms with E-state index in [0.29, 0.717) is 17.1 Å². The van der Waals surface area contributed by atoms with Gasteiger partial charge in [0.15, 0.2) is 6.10 Å². The number of nitrogens with one attached hydrogen (secondary N) is 1. The Morgan fingerprint density at radius 3 is 2.43 bits per heavy atom. The standard InChI is InChI=1S/C23H22N2O4S/c1-16-12-13-19(17(2)14-16)24-23(26)22-15-25(20-10-6-7-11-21(20)29-22)30(27,28)18-8-4-3-5-9-18/h3-14,22H,15H2,1-2H3,(H,24,26)/t22-/m1/s1. The van der Waals surface area contributed by atoms with Gasteiger partial charge in [0.2, 0.25) is 0 Å². The summed E-state index contributed by atoms with van der Waals surface area (Å²) in [5.74, 6) is -0.0475. The lowest BCUT2D eigenvalue weighted by Crippen LogP contribution is -2.48. The minimum absolute atomic E-state index is 0.120. The Morgan fingerprint density at radius 2 is 1.70 bits per heavy atom. The van der Waals surface area contributed by atoms with E-state index in [2.05, 4.69) is 5.32 Å². The zero-order valence-electron chi connectivity index (χ0n) is 16.7. The highest BCUT2D eigenvalue weighted by molar-refractivity contribution is 7.92. The van der Waals surface area contributed by atoms with Gasteiger partial charge in [-0.3, -0.25) is 9.10 Å². The lowest BCUT2D eigenvalue weighted by Gasteiger charge is -2.34. The zero-order chi connectivity index (χ0) is 21.3. The fourth-order valence-corrected chi connectivity index (χ4v) is 4.95. The number of carbonyl (C=O) groups excluding carboxylic acids is 1. The van der Waals surface area contributed by atoms with Gasteiger partial charge in [-0.1, -0.05) is 48.0 Å². The van der Waals surface area contributed by atoms with Crippen LogP contribution in [0, 0.1) is 13.8 Å². The van der Waals surface area contributed by atoms with Crippen molar-refractivity contribution >= 4 is 27.3 Å². The molecule has 0 radical (unpaired) electrons. The average molecular weight is 423 g/mol. The van der Waals surface area contributed by atoms with E-state index in [9.17, 15) is 13.2 Å². The molecule has 6 nitrogen and oxygen atoms in total. The summed E-state index contributed by atoms with van der Waals surface area (Å²) < 4.78 is 33.7. The first-order chi connectivity index (χ1) is 14.4. The van der Waals surface area contributed by atoms with Gasteiger partial charge in [0, 0.05) is 5.69 Å². The van der Waals surface area contributed by atoms with E-state index in [4.69, 9.17) is 4.74 Å². The van der Waals surface area contributed by atoms with Gasteiger partial charge in [-0.05, 0) is 49.7 Å². The number of rotatable bonds is 4. The van der Waals surface area contributed by atoms with Crippen LogP contribution in [0.5, 0.6) is 5.75 Å². The fourth-order valence-electron chi connectivity index (χ4n) is 3.45. The molecule has 1 atom stereocenters. The van der Waals surface area contributed by atoms with Crippen molar-refractivity contribution in [3.05, 3.63) is 83.9 Å². The predicted octanol–water partition coefficient (Wildman–Crippen LogP) is 3.90. The van der Waals surface area contributed by atoms with E-state index in [1.54, 1.807) is 42.5 Å². The first-order valence-electron chi connectivity index (χ1n) is 9.58. The molecule has 1 aliphatic heterocycles. The van der Waals surface area contributed by atoms with Crippen LogP contribution >= 0.6 is 0 Å². The second-order valence-corrected chi connectivity index (χ2v) is 9.09. The quantitative estimate of drug-likeness (QED) is 0.692. The molecule has 0 aliphatic carbocycles. The number of sulfonamides is 1. The summed E-state index contributed by atoms with van der Waals surface area (Å²) in [6, 6.07) is 20.7. The van der Waals surface area contributed by atoms with Crippen LogP contribution in [-0.2, 0) is 14.8 Å². The van der Waals surface area contributed by atoms with Crippen LogP contribution in [0.15, 0.2) is 77.7 Å². The number of para-hydroxylation sites is 2. The van der Waals surface area contributed by atoms with Gasteiger partial charge < -0.3 is 10.1 Å². The molecule has 7 heteroatoms. The van der Waals surface area contributed by atoms with Crippen molar-refractivity contribution in [2.45, 2.75) is 24.8 Å². The summed E-state index contributed by atoms with van der Waals surface area (Å²) in [5.41, 5.74) is 3.10. The maximum Gasteiger partial charge on any atom is 0.267 e. The van der Waals surface area contributed by atoms with Gasteiger partial charge >= 0.3 is 0 Å². The molecule has 0 saturated heterocycles. The molecule has 0 fully saturated rings. The molecular weight excluding hydrogens is 400 g/mol. The van der Waals surface area contributed by atoms with Crippen LogP contribution in [0.25, 0.3) is 0 Å². The van der Waals surface area contributed by atoms with E-state index < -0.39 is 22.0 Å². The number of nitrogens with zero attached hydrogens (tertiary/aromatic N) is 1. The van der Waals surface area contributed by atoms with E-state index in [1.165, 1.54) is 16.4 Å². The number of anilines is 2. The normalized spacial score (nSPS) is 15.8. The average Bonchev–Trinajstić information content (AvgIpc) is 2.75. The molecule has 0 unspecified atom stereocenters. The molecule has 0 bridgehead atoms. The number of aryl methyl sites for hydroxylation is 2. The molecule has 4 rings (SSSR count). The van der Waals surface area contributed by atoms with Crippen molar-refractivity contribution in [3.8, 4) is 5.75 Å². The Balaban J connectivity index is 1.67. The highest BCUT2D eigenvalue weighted by Crippen LogP contribution is 2.37. The number of benzene rings is 3. The molecule has 30 heavy (non-hydrogen) atoms. The summed E-state index contributed by atoms with van der Waals surface area (Å²) in [6.45, 7) is 3.77. The number of carbonyl (C=O) groups is 1. The van der Waals surface area contributed by atoms with Crippen LogP contribution in [-0.4, -0.2) is 27.0 Å². The Hall–Kier alpha value is -3.32. The van der Waals surface area contributed by atoms with Crippen molar-refractivity contribution in [1.29, 1.82) is 0 Å². The van der Waals surface area contributed by atoms with Crippen molar-refractivity contribution < 1.29 is 17.9 Å². The van der Waals surface area contributed by atoms with Gasteiger partial charge in [0.25, 0.3) is 15.9 Å². The minimum atomic E-state index is -3.86. The first-order valence-corrected chi connectivity index (χ1v) is 11.0. The summed E-state index contributed by atoms with van der Waals surface area (Å²) in [4.78, 5) is 13.1. The van der Waals surface area contributed by atoms with Gasteiger partial charge in [0.05, 0.1) is 17.1 Å². The summed E-state index contributed by atoms with van der Waals surface area (Å²) in [6.07, 6.45) is -0.987. The molecule has 0 spiro atoms. The summed E-state index contributed by atoms with van der Waals surface area (Å²) >= 11 is 0. The van der Waals surface area contributed by atoms with Crippen molar-refractivity contribution in [3.63, 3.8) is 0 Å². The monoisotopic (exact) mass is 422 g/mol. The third-order valence-electron chi connectivity index (χ3n) is 5.00. The lowest BCUT2D eigenvalue weighted by molar-refractivity contribution is -0.122. The Kier molecular flexibility index (Phi) is 5.22. The second-order valence-electron chi connectivity index (χ2n) is 7.23. The number of hydrogen-bond donors (Lipinski definition) is 1. The molecule has 0 saturated carbocycles. The number of amides is 1.